The summed E-state index contributed by atoms with van der Waals surface area (Å²) in [5, 5.41) is 20.6. The topological polar surface area (TPSA) is 84.0 Å². The number of carboxylic acids is 1. The van der Waals surface area contributed by atoms with Crippen LogP contribution in [0.15, 0.2) is 53.5 Å². The lowest BCUT2D eigenvalue weighted by atomic mass is 10.1. The summed E-state index contributed by atoms with van der Waals surface area (Å²) in [6.07, 6.45) is 3.68. The Labute approximate surface area is 182 Å². The molecule has 0 saturated heterocycles. The molecule has 1 aliphatic rings. The van der Waals surface area contributed by atoms with Gasteiger partial charge in [-0.2, -0.15) is 0 Å². The molecule has 1 aromatic heterocycles. The van der Waals surface area contributed by atoms with Crippen molar-refractivity contribution in [1.29, 1.82) is 0 Å². The van der Waals surface area contributed by atoms with Gasteiger partial charge in [0.05, 0.1) is 17.7 Å². The van der Waals surface area contributed by atoms with Gasteiger partial charge in [0.25, 0.3) is 0 Å². The van der Waals surface area contributed by atoms with Crippen LogP contribution in [0.4, 0.5) is 5.69 Å². The van der Waals surface area contributed by atoms with E-state index in [1.165, 1.54) is 4.57 Å². The third-order valence-electron chi connectivity index (χ3n) is 4.86. The maximum atomic E-state index is 12.0. The molecular weight excluding hydrogens is 420 g/mol. The van der Waals surface area contributed by atoms with Gasteiger partial charge < -0.3 is 14.9 Å². The minimum absolute atomic E-state index is 0.162. The maximum Gasteiger partial charge on any atom is 0.327 e. The van der Waals surface area contributed by atoms with Crippen LogP contribution in [0.5, 0.6) is 11.6 Å². The predicted octanol–water partition coefficient (Wildman–Crippen LogP) is 5.12. The van der Waals surface area contributed by atoms with E-state index >= 15 is 0 Å². The second-order valence-electron chi connectivity index (χ2n) is 6.71. The molecule has 2 N–H and O–H groups in total. The number of allylic oxidation sites excluding steroid dienone is 1. The number of ether oxygens (including phenoxy) is 1. The standard InChI is InChI=1S/C22H18N2O4S2/c1-28-15-7-8-17-16(11-15)14(12-23-17)10-19-20(25)24(22(29)30-19)18(21(26)27)9-13-5-3-2-4-6-13/h2-8,10-12,18,25H,9H2,1H3,(H,26,27)/b14-10-. The first-order chi connectivity index (χ1) is 14.5. The molecule has 4 rings (SSSR count). The van der Waals surface area contributed by atoms with Crippen LogP contribution in [0.3, 0.4) is 0 Å². The summed E-state index contributed by atoms with van der Waals surface area (Å²) in [6.45, 7) is 0. The summed E-state index contributed by atoms with van der Waals surface area (Å²) < 4.78 is 6.88. The van der Waals surface area contributed by atoms with E-state index in [1.54, 1.807) is 19.4 Å². The van der Waals surface area contributed by atoms with Crippen LogP contribution in [0.2, 0.25) is 0 Å². The van der Waals surface area contributed by atoms with E-state index in [4.69, 9.17) is 17.0 Å². The number of hydrogen-bond donors (Lipinski definition) is 2. The molecule has 1 aliphatic heterocycles. The van der Waals surface area contributed by atoms with Crippen LogP contribution in [-0.4, -0.2) is 34.1 Å². The number of benzene rings is 2. The monoisotopic (exact) mass is 438 g/mol. The van der Waals surface area contributed by atoms with Gasteiger partial charge in [-0.05, 0) is 42.1 Å². The predicted molar refractivity (Wildman–Crippen MR) is 121 cm³/mol. The molecule has 0 radical (unpaired) electrons. The first kappa shape index (κ1) is 20.1. The summed E-state index contributed by atoms with van der Waals surface area (Å²) in [5.74, 6) is -0.515. The van der Waals surface area contributed by atoms with Crippen molar-refractivity contribution < 1.29 is 19.7 Å². The number of aliphatic imine (C=N–C) groups is 1. The number of hydrogen-bond acceptors (Lipinski definition) is 6. The zero-order valence-corrected chi connectivity index (χ0v) is 17.6. The SMILES string of the molecule is COc1ccc2c(c1)/C(=C\c1sc(=S)n(C(Cc3ccccc3)C(=O)O)c1O)C=N2. The molecule has 2 aromatic carbocycles. The minimum atomic E-state index is -1.06. The van der Waals surface area contributed by atoms with Gasteiger partial charge in [-0.3, -0.25) is 9.56 Å². The van der Waals surface area contributed by atoms with Gasteiger partial charge in [-0.25, -0.2) is 4.79 Å². The van der Waals surface area contributed by atoms with Crippen molar-refractivity contribution in [1.82, 2.24) is 4.57 Å². The van der Waals surface area contributed by atoms with Crippen LogP contribution in [0, 0.1) is 3.95 Å². The molecular formula is C22H18N2O4S2. The largest absolute Gasteiger partial charge is 0.497 e. The lowest BCUT2D eigenvalue weighted by Crippen LogP contribution is -2.21. The number of rotatable bonds is 6. The third-order valence-corrected chi connectivity index (χ3v) is 6.19. The number of aromatic nitrogens is 1. The number of nitrogens with zero attached hydrogens (tertiary/aromatic N) is 2. The van der Waals surface area contributed by atoms with Crippen LogP contribution < -0.4 is 4.74 Å². The van der Waals surface area contributed by atoms with Crippen LogP contribution in [0.1, 0.15) is 22.0 Å². The molecule has 8 heteroatoms. The van der Waals surface area contributed by atoms with E-state index in [-0.39, 0.29) is 12.3 Å². The smallest absolute Gasteiger partial charge is 0.327 e. The van der Waals surface area contributed by atoms with E-state index in [0.717, 1.165) is 33.7 Å². The highest BCUT2D eigenvalue weighted by Crippen LogP contribution is 2.38. The average Bonchev–Trinajstić information content (AvgIpc) is 3.27. The van der Waals surface area contributed by atoms with Crippen molar-refractivity contribution in [3.05, 3.63) is 68.5 Å². The van der Waals surface area contributed by atoms with Crippen LogP contribution in [-0.2, 0) is 11.2 Å². The van der Waals surface area contributed by atoms with E-state index < -0.39 is 12.0 Å². The molecule has 30 heavy (non-hydrogen) atoms. The second-order valence-corrected chi connectivity index (χ2v) is 8.39. The molecule has 6 nitrogen and oxygen atoms in total. The Balaban J connectivity index is 1.73. The Kier molecular flexibility index (Phi) is 5.52. The zero-order valence-electron chi connectivity index (χ0n) is 16.0. The summed E-state index contributed by atoms with van der Waals surface area (Å²) >= 11 is 6.57. The molecule has 0 saturated carbocycles. The van der Waals surface area contributed by atoms with Gasteiger partial charge in [0, 0.05) is 23.8 Å². The first-order valence-corrected chi connectivity index (χ1v) is 10.4. The number of thiazole rings is 1. The fraction of sp³-hybridized carbons (Fsp3) is 0.136. The summed E-state index contributed by atoms with van der Waals surface area (Å²) in [4.78, 5) is 16.8. The number of fused-ring (bicyclic) bond motifs is 1. The van der Waals surface area contributed by atoms with Crippen molar-refractivity contribution in [3.8, 4) is 11.6 Å². The highest BCUT2D eigenvalue weighted by molar-refractivity contribution is 7.73. The van der Waals surface area contributed by atoms with Gasteiger partial charge in [0.15, 0.2) is 3.95 Å². The quantitative estimate of drug-likeness (QED) is 0.522. The maximum absolute atomic E-state index is 12.0. The molecule has 0 fully saturated rings. The molecule has 0 spiro atoms. The Morgan fingerprint density at radius 3 is 2.77 bits per heavy atom. The Hall–Kier alpha value is -3.23. The molecule has 0 aliphatic carbocycles. The lowest BCUT2D eigenvalue weighted by Gasteiger charge is -2.15. The fourth-order valence-electron chi connectivity index (χ4n) is 3.34. The number of carboxylic acid groups (broad SMARTS) is 1. The molecule has 2 heterocycles. The third kappa shape index (κ3) is 3.79. The Morgan fingerprint density at radius 1 is 1.30 bits per heavy atom. The fourth-order valence-corrected chi connectivity index (χ4v) is 4.70. The molecule has 0 bridgehead atoms. The summed E-state index contributed by atoms with van der Waals surface area (Å²) in [7, 11) is 1.59. The van der Waals surface area contributed by atoms with E-state index in [9.17, 15) is 15.0 Å². The first-order valence-electron chi connectivity index (χ1n) is 9.13. The van der Waals surface area contributed by atoms with Crippen molar-refractivity contribution >= 4 is 53.1 Å². The van der Waals surface area contributed by atoms with Gasteiger partial charge in [-0.1, -0.05) is 30.3 Å². The van der Waals surface area contributed by atoms with Crippen molar-refractivity contribution in [2.24, 2.45) is 4.99 Å². The summed E-state index contributed by atoms with van der Waals surface area (Å²) in [5.41, 5.74) is 3.31. The second kappa shape index (κ2) is 8.25. The van der Waals surface area contributed by atoms with E-state index in [1.807, 2.05) is 48.5 Å². The minimum Gasteiger partial charge on any atom is -0.497 e. The molecule has 152 valence electrons. The number of carbonyl (C=O) groups is 1. The Morgan fingerprint density at radius 2 is 2.07 bits per heavy atom. The zero-order chi connectivity index (χ0) is 21.3. The van der Waals surface area contributed by atoms with Crippen molar-refractivity contribution in [2.45, 2.75) is 12.5 Å². The normalized spacial score (nSPS) is 14.6. The molecule has 1 unspecified atom stereocenters. The highest BCUT2D eigenvalue weighted by Gasteiger charge is 2.26. The number of aromatic hydroxyl groups is 1. The van der Waals surface area contributed by atoms with Gasteiger partial charge in [0.2, 0.25) is 5.88 Å². The van der Waals surface area contributed by atoms with Crippen LogP contribution in [0.25, 0.3) is 11.6 Å². The van der Waals surface area contributed by atoms with Gasteiger partial charge >= 0.3 is 5.97 Å². The van der Waals surface area contributed by atoms with Gasteiger partial charge in [0.1, 0.15) is 11.8 Å². The Bertz CT molecular complexity index is 1230. The number of aliphatic carboxylic acids is 1. The van der Waals surface area contributed by atoms with E-state index in [0.29, 0.717) is 14.6 Å². The lowest BCUT2D eigenvalue weighted by molar-refractivity contribution is -0.141. The summed E-state index contributed by atoms with van der Waals surface area (Å²) in [6, 6.07) is 13.8. The van der Waals surface area contributed by atoms with Crippen molar-refractivity contribution in [3.63, 3.8) is 0 Å². The van der Waals surface area contributed by atoms with Gasteiger partial charge in [-0.15, -0.1) is 11.3 Å². The van der Waals surface area contributed by atoms with Crippen molar-refractivity contribution in [2.75, 3.05) is 7.11 Å². The van der Waals surface area contributed by atoms with E-state index in [2.05, 4.69) is 4.99 Å². The highest BCUT2D eigenvalue weighted by atomic mass is 32.1. The number of methoxy groups -OCH3 is 1. The van der Waals surface area contributed by atoms with Crippen LogP contribution >= 0.6 is 23.6 Å². The average molecular weight is 439 g/mol. The molecule has 0 amide bonds. The molecule has 3 aromatic rings. The molecule has 1 atom stereocenters.